The Balaban J connectivity index is 2.39. The second-order valence-electron chi connectivity index (χ2n) is 3.06. The van der Waals surface area contributed by atoms with Gasteiger partial charge in [-0.1, -0.05) is 22.0 Å². The van der Waals surface area contributed by atoms with Crippen LogP contribution in [0, 0.1) is 0 Å². The lowest BCUT2D eigenvalue weighted by Crippen LogP contribution is -1.98. The van der Waals surface area contributed by atoms with E-state index in [-0.39, 0.29) is 0 Å². The van der Waals surface area contributed by atoms with Crippen LogP contribution in [-0.4, -0.2) is 12.0 Å². The Hall–Kier alpha value is -0.280. The lowest BCUT2D eigenvalue weighted by Gasteiger charge is -2.07. The molecule has 68 valence electrons. The number of fused-ring (bicyclic) bond motifs is 1. The molecule has 0 radical (unpaired) electrons. The first kappa shape index (κ1) is 9.28. The number of halogens is 1. The van der Waals surface area contributed by atoms with Gasteiger partial charge in [0.1, 0.15) is 6.29 Å². The lowest BCUT2D eigenvalue weighted by atomic mass is 9.99. The lowest BCUT2D eigenvalue weighted by molar-refractivity contribution is -0.108. The molecule has 1 aromatic carbocycles. The summed E-state index contributed by atoms with van der Waals surface area (Å²) in [5.74, 6) is 1.45. The third-order valence-electron chi connectivity index (χ3n) is 2.24. The molecule has 3 heteroatoms. The molecule has 1 unspecified atom stereocenters. The third kappa shape index (κ3) is 1.67. The van der Waals surface area contributed by atoms with E-state index in [0.29, 0.717) is 12.3 Å². The van der Waals surface area contributed by atoms with E-state index in [1.165, 1.54) is 10.5 Å². The van der Waals surface area contributed by atoms with Crippen molar-refractivity contribution in [2.45, 2.75) is 17.2 Å². The Morgan fingerprint density at radius 1 is 1.62 bits per heavy atom. The number of aldehydes is 1. The van der Waals surface area contributed by atoms with E-state index in [9.17, 15) is 4.79 Å². The highest BCUT2D eigenvalue weighted by atomic mass is 79.9. The summed E-state index contributed by atoms with van der Waals surface area (Å²) < 4.78 is 1.14. The van der Waals surface area contributed by atoms with Crippen LogP contribution in [0.5, 0.6) is 0 Å². The normalized spacial score (nSPS) is 19.9. The molecule has 0 bridgehead atoms. The molecule has 1 nitrogen and oxygen atoms in total. The van der Waals surface area contributed by atoms with Gasteiger partial charge in [-0.2, -0.15) is 0 Å². The van der Waals surface area contributed by atoms with Gasteiger partial charge >= 0.3 is 0 Å². The van der Waals surface area contributed by atoms with Crippen molar-refractivity contribution in [3.05, 3.63) is 28.2 Å². The van der Waals surface area contributed by atoms with Crippen molar-refractivity contribution in [2.24, 2.45) is 0 Å². The monoisotopic (exact) mass is 256 g/mol. The highest BCUT2D eigenvalue weighted by molar-refractivity contribution is 9.10. The molecule has 1 atom stereocenters. The molecule has 2 rings (SSSR count). The fourth-order valence-electron chi connectivity index (χ4n) is 1.62. The summed E-state index contributed by atoms with van der Waals surface area (Å²) in [4.78, 5) is 11.8. The van der Waals surface area contributed by atoms with Crippen molar-refractivity contribution in [3.8, 4) is 0 Å². The van der Waals surface area contributed by atoms with Crippen molar-refractivity contribution in [2.75, 3.05) is 5.75 Å². The van der Waals surface area contributed by atoms with Gasteiger partial charge in [0.05, 0.1) is 0 Å². The van der Waals surface area contributed by atoms with Gasteiger partial charge in [-0.15, -0.1) is 11.8 Å². The molecular weight excluding hydrogens is 248 g/mol. The molecule has 0 aromatic heterocycles. The number of benzene rings is 1. The molecular formula is C10H9BrOS. The van der Waals surface area contributed by atoms with Crippen LogP contribution in [0.4, 0.5) is 0 Å². The molecule has 1 heterocycles. The first-order chi connectivity index (χ1) is 6.33. The average molecular weight is 257 g/mol. The van der Waals surface area contributed by atoms with Crippen molar-refractivity contribution in [3.63, 3.8) is 0 Å². The van der Waals surface area contributed by atoms with Crippen LogP contribution >= 0.6 is 27.7 Å². The number of carbonyl (C=O) groups is 1. The Morgan fingerprint density at radius 2 is 2.46 bits per heavy atom. The van der Waals surface area contributed by atoms with Gasteiger partial charge in [0, 0.05) is 27.5 Å². The number of thioether (sulfide) groups is 1. The molecule has 0 fully saturated rings. The van der Waals surface area contributed by atoms with E-state index in [1.54, 1.807) is 0 Å². The third-order valence-corrected chi connectivity index (χ3v) is 4.17. The molecule has 0 aliphatic carbocycles. The Labute approximate surface area is 90.0 Å². The van der Waals surface area contributed by atoms with Crippen molar-refractivity contribution >= 4 is 34.0 Å². The van der Waals surface area contributed by atoms with Gasteiger partial charge in [0.25, 0.3) is 0 Å². The minimum atomic E-state index is 0.410. The zero-order valence-electron chi connectivity index (χ0n) is 7.00. The quantitative estimate of drug-likeness (QED) is 0.756. The predicted octanol–water partition coefficient (Wildman–Crippen LogP) is 3.23. The smallest absolute Gasteiger partial charge is 0.120 e. The molecule has 1 aliphatic heterocycles. The maximum absolute atomic E-state index is 10.5. The van der Waals surface area contributed by atoms with E-state index >= 15 is 0 Å². The van der Waals surface area contributed by atoms with E-state index in [4.69, 9.17) is 0 Å². The fourth-order valence-corrected chi connectivity index (χ4v) is 3.73. The number of carbonyl (C=O) groups excluding carboxylic acids is 1. The summed E-state index contributed by atoms with van der Waals surface area (Å²) in [5, 5.41) is 0. The summed E-state index contributed by atoms with van der Waals surface area (Å²) in [6.07, 6.45) is 1.66. The molecule has 0 saturated carbocycles. The van der Waals surface area contributed by atoms with Crippen molar-refractivity contribution < 1.29 is 4.79 Å². The van der Waals surface area contributed by atoms with Crippen LogP contribution < -0.4 is 0 Å². The largest absolute Gasteiger partial charge is 0.303 e. The predicted molar refractivity (Wildman–Crippen MR) is 58.3 cm³/mol. The van der Waals surface area contributed by atoms with Crippen LogP contribution in [0.3, 0.4) is 0 Å². The first-order valence-corrected chi connectivity index (χ1v) is 5.95. The van der Waals surface area contributed by atoms with E-state index in [1.807, 2.05) is 23.9 Å². The van der Waals surface area contributed by atoms with E-state index in [2.05, 4.69) is 22.0 Å². The maximum Gasteiger partial charge on any atom is 0.120 e. The van der Waals surface area contributed by atoms with Crippen molar-refractivity contribution in [1.82, 2.24) is 0 Å². The highest BCUT2D eigenvalue weighted by Crippen LogP contribution is 2.44. The molecule has 0 spiro atoms. The first-order valence-electron chi connectivity index (χ1n) is 4.17. The van der Waals surface area contributed by atoms with Crippen LogP contribution in [0.1, 0.15) is 17.9 Å². The number of hydrogen-bond acceptors (Lipinski definition) is 2. The van der Waals surface area contributed by atoms with Crippen LogP contribution in [0.2, 0.25) is 0 Å². The summed E-state index contributed by atoms with van der Waals surface area (Å²) in [7, 11) is 0. The van der Waals surface area contributed by atoms with E-state index in [0.717, 1.165) is 16.5 Å². The molecule has 0 amide bonds. The minimum absolute atomic E-state index is 0.410. The second-order valence-corrected chi connectivity index (χ2v) is 4.98. The Morgan fingerprint density at radius 3 is 3.23 bits per heavy atom. The van der Waals surface area contributed by atoms with Gasteiger partial charge < -0.3 is 4.79 Å². The van der Waals surface area contributed by atoms with Gasteiger partial charge in [-0.3, -0.25) is 0 Å². The second kappa shape index (κ2) is 3.84. The highest BCUT2D eigenvalue weighted by Gasteiger charge is 2.24. The van der Waals surface area contributed by atoms with Crippen molar-refractivity contribution in [1.29, 1.82) is 0 Å². The fraction of sp³-hybridized carbons (Fsp3) is 0.300. The number of rotatable bonds is 2. The van der Waals surface area contributed by atoms with Crippen LogP contribution in [-0.2, 0) is 4.79 Å². The zero-order valence-corrected chi connectivity index (χ0v) is 9.40. The maximum atomic E-state index is 10.5. The molecule has 0 N–H and O–H groups in total. The molecule has 1 aliphatic rings. The zero-order chi connectivity index (χ0) is 9.26. The summed E-state index contributed by atoms with van der Waals surface area (Å²) in [6.45, 7) is 0. The van der Waals surface area contributed by atoms with Gasteiger partial charge in [0.2, 0.25) is 0 Å². The van der Waals surface area contributed by atoms with Gasteiger partial charge in [-0.05, 0) is 17.7 Å². The SMILES string of the molecule is O=CCC1CSc2cccc(Br)c21. The average Bonchev–Trinajstić information content (AvgIpc) is 2.51. The topological polar surface area (TPSA) is 17.1 Å². The van der Waals surface area contributed by atoms with Crippen LogP contribution in [0.15, 0.2) is 27.6 Å². The molecule has 1 aromatic rings. The standard InChI is InChI=1S/C10H9BrOS/c11-8-2-1-3-9-10(8)7(4-5-12)6-13-9/h1-3,5,7H,4,6H2. The Kier molecular flexibility index (Phi) is 2.74. The van der Waals surface area contributed by atoms with Gasteiger partial charge in [0.15, 0.2) is 0 Å². The van der Waals surface area contributed by atoms with E-state index < -0.39 is 0 Å². The summed E-state index contributed by atoms with van der Waals surface area (Å²) >= 11 is 5.37. The minimum Gasteiger partial charge on any atom is -0.303 e. The Bertz CT molecular complexity index is 338. The van der Waals surface area contributed by atoms with Crippen LogP contribution in [0.25, 0.3) is 0 Å². The molecule has 0 saturated heterocycles. The summed E-state index contributed by atoms with van der Waals surface area (Å²) in [6, 6.07) is 6.21. The molecule has 13 heavy (non-hydrogen) atoms. The summed E-state index contributed by atoms with van der Waals surface area (Å²) in [5.41, 5.74) is 1.32. The number of hydrogen-bond donors (Lipinski definition) is 0. The van der Waals surface area contributed by atoms with Gasteiger partial charge in [-0.25, -0.2) is 0 Å².